The summed E-state index contributed by atoms with van der Waals surface area (Å²) >= 11 is 0. The number of aromatic nitrogens is 1. The molecule has 1 aromatic heterocycles. The first kappa shape index (κ1) is 23.6. The molecule has 1 aliphatic rings. The van der Waals surface area contributed by atoms with E-state index in [9.17, 15) is 4.39 Å². The van der Waals surface area contributed by atoms with Crippen LogP contribution in [0, 0.1) is 5.82 Å². The molecule has 0 saturated carbocycles. The minimum Gasteiger partial charge on any atom is -0.494 e. The summed E-state index contributed by atoms with van der Waals surface area (Å²) in [6, 6.07) is 14.9. The minimum atomic E-state index is -0.234. The molecule has 0 spiro atoms. The Morgan fingerprint density at radius 3 is 2.47 bits per heavy atom. The molecule has 2 heterocycles. The van der Waals surface area contributed by atoms with E-state index in [2.05, 4.69) is 34.1 Å². The summed E-state index contributed by atoms with van der Waals surface area (Å²) in [5.74, 6) is 0.490. The van der Waals surface area contributed by atoms with E-state index < -0.39 is 0 Å². The molecular formula is C25H33FN2O2. The fourth-order valence-corrected chi connectivity index (χ4v) is 3.74. The number of para-hydroxylation sites is 1. The van der Waals surface area contributed by atoms with Gasteiger partial charge in [0.05, 0.1) is 6.61 Å². The number of nitrogens with one attached hydrogen (secondary N) is 1. The van der Waals surface area contributed by atoms with E-state index >= 15 is 0 Å². The second-order valence-electron chi connectivity index (χ2n) is 6.74. The van der Waals surface area contributed by atoms with Crippen molar-refractivity contribution in [3.05, 3.63) is 65.6 Å². The predicted octanol–water partition coefficient (Wildman–Crippen LogP) is 5.17. The van der Waals surface area contributed by atoms with Gasteiger partial charge in [-0.25, -0.2) is 4.39 Å². The van der Waals surface area contributed by atoms with Crippen LogP contribution in [0.15, 0.2) is 48.5 Å². The van der Waals surface area contributed by atoms with E-state index in [4.69, 9.17) is 9.53 Å². The number of ether oxygens (including phenoxy) is 1. The lowest BCUT2D eigenvalue weighted by atomic mass is 10.1. The third-order valence-electron chi connectivity index (χ3n) is 4.89. The average molecular weight is 413 g/mol. The summed E-state index contributed by atoms with van der Waals surface area (Å²) in [4.78, 5) is 8.81. The van der Waals surface area contributed by atoms with Crippen molar-refractivity contribution in [2.75, 3.05) is 19.7 Å². The van der Waals surface area contributed by atoms with E-state index in [0.29, 0.717) is 6.61 Å². The highest BCUT2D eigenvalue weighted by atomic mass is 19.1. The highest BCUT2D eigenvalue weighted by Crippen LogP contribution is 2.28. The lowest BCUT2D eigenvalue weighted by molar-refractivity contribution is -0.106. The van der Waals surface area contributed by atoms with Crippen LogP contribution in [0.3, 0.4) is 0 Å². The van der Waals surface area contributed by atoms with Crippen LogP contribution in [-0.2, 0) is 24.2 Å². The summed E-state index contributed by atoms with van der Waals surface area (Å²) in [6.07, 6.45) is 3.84. The van der Waals surface area contributed by atoms with Crippen molar-refractivity contribution in [3.8, 4) is 5.75 Å². The first-order chi connectivity index (χ1) is 14.7. The third-order valence-corrected chi connectivity index (χ3v) is 4.89. The Morgan fingerprint density at radius 2 is 1.73 bits per heavy atom. The van der Waals surface area contributed by atoms with Gasteiger partial charge in [0.25, 0.3) is 0 Å². The summed E-state index contributed by atoms with van der Waals surface area (Å²) in [5.41, 5.74) is 4.30. The molecule has 4 rings (SSSR count). The molecule has 0 bridgehead atoms. The van der Waals surface area contributed by atoms with E-state index in [1.165, 1.54) is 41.2 Å². The van der Waals surface area contributed by atoms with Gasteiger partial charge in [0.1, 0.15) is 17.9 Å². The van der Waals surface area contributed by atoms with Gasteiger partial charge < -0.3 is 19.4 Å². The zero-order chi connectivity index (χ0) is 21.8. The van der Waals surface area contributed by atoms with Gasteiger partial charge in [-0.3, -0.25) is 0 Å². The molecule has 3 aromatic rings. The second kappa shape index (κ2) is 12.8. The van der Waals surface area contributed by atoms with Crippen molar-refractivity contribution in [3.63, 3.8) is 0 Å². The molecule has 0 amide bonds. The van der Waals surface area contributed by atoms with Crippen LogP contribution >= 0.6 is 0 Å². The number of aryl methyl sites for hydroxylation is 1. The van der Waals surface area contributed by atoms with Crippen LogP contribution in [0.25, 0.3) is 10.9 Å². The van der Waals surface area contributed by atoms with Crippen molar-refractivity contribution in [2.24, 2.45) is 0 Å². The topological polar surface area (TPSA) is 43.3 Å². The number of benzene rings is 2. The molecule has 0 unspecified atom stereocenters. The number of rotatable bonds is 5. The highest BCUT2D eigenvalue weighted by Gasteiger charge is 2.18. The molecule has 0 radical (unpaired) electrons. The van der Waals surface area contributed by atoms with Crippen LogP contribution in [0.5, 0.6) is 5.75 Å². The second-order valence-corrected chi connectivity index (χ2v) is 6.74. The van der Waals surface area contributed by atoms with Crippen LogP contribution in [-0.4, -0.2) is 30.5 Å². The van der Waals surface area contributed by atoms with Crippen molar-refractivity contribution in [1.82, 2.24) is 9.88 Å². The first-order valence-electron chi connectivity index (χ1n) is 10.8. The van der Waals surface area contributed by atoms with Gasteiger partial charge in [0.2, 0.25) is 0 Å². The Morgan fingerprint density at radius 1 is 1.07 bits per heavy atom. The quantitative estimate of drug-likeness (QED) is 0.464. The summed E-state index contributed by atoms with van der Waals surface area (Å²) in [7, 11) is 0. The highest BCUT2D eigenvalue weighted by molar-refractivity contribution is 5.85. The van der Waals surface area contributed by atoms with Gasteiger partial charge in [-0.1, -0.05) is 32.0 Å². The Bertz CT molecular complexity index is 903. The molecule has 1 N–H and O–H groups in total. The molecule has 0 atom stereocenters. The van der Waals surface area contributed by atoms with E-state index in [-0.39, 0.29) is 5.82 Å². The molecule has 0 saturated heterocycles. The number of aldehydes is 1. The van der Waals surface area contributed by atoms with Crippen molar-refractivity contribution in [1.29, 1.82) is 0 Å². The van der Waals surface area contributed by atoms with Gasteiger partial charge in [-0.2, -0.15) is 0 Å². The Hall–Kier alpha value is -2.66. The van der Waals surface area contributed by atoms with E-state index in [0.717, 1.165) is 50.9 Å². The van der Waals surface area contributed by atoms with E-state index in [1.54, 1.807) is 12.1 Å². The molecule has 5 heteroatoms. The van der Waals surface area contributed by atoms with Gasteiger partial charge in [-0.05, 0) is 62.2 Å². The standard InChI is InChI=1S/C21H23FN2O.C2H4O.C2H6/c22-16-6-8-17(9-7-16)25-15-3-14-24-20-5-2-1-4-18(20)19-10-12-23-13-11-21(19)24;1-2-3;1-2/h1-2,4-9,23H,3,10-15H2;2H,1H3;1-2H3. The lowest BCUT2D eigenvalue weighted by Gasteiger charge is -2.12. The molecule has 30 heavy (non-hydrogen) atoms. The van der Waals surface area contributed by atoms with E-state index in [1.807, 2.05) is 13.8 Å². The predicted molar refractivity (Wildman–Crippen MR) is 122 cm³/mol. The monoisotopic (exact) mass is 412 g/mol. The summed E-state index contributed by atoms with van der Waals surface area (Å²) in [5, 5.41) is 4.89. The van der Waals surface area contributed by atoms with Gasteiger partial charge in [0.15, 0.2) is 0 Å². The fourth-order valence-electron chi connectivity index (χ4n) is 3.74. The van der Waals surface area contributed by atoms with Crippen molar-refractivity contribution < 1.29 is 13.9 Å². The number of carbonyl (C=O) groups excluding carboxylic acids is 1. The molecule has 0 fully saturated rings. The number of fused-ring (bicyclic) bond motifs is 3. The van der Waals surface area contributed by atoms with Crippen molar-refractivity contribution in [2.45, 2.75) is 46.6 Å². The van der Waals surface area contributed by atoms with Crippen LogP contribution in [0.4, 0.5) is 4.39 Å². The lowest BCUT2D eigenvalue weighted by Crippen LogP contribution is -2.17. The largest absolute Gasteiger partial charge is 0.494 e. The van der Waals surface area contributed by atoms with Gasteiger partial charge in [0, 0.05) is 36.1 Å². The van der Waals surface area contributed by atoms with Crippen LogP contribution in [0.2, 0.25) is 0 Å². The van der Waals surface area contributed by atoms with Crippen LogP contribution in [0.1, 0.15) is 38.4 Å². The number of carbonyl (C=O) groups is 1. The van der Waals surface area contributed by atoms with Gasteiger partial charge in [-0.15, -0.1) is 0 Å². The number of hydrogen-bond donors (Lipinski definition) is 1. The SMILES string of the molecule is CC.CC=O.Fc1ccc(OCCCn2c3c(c4ccccc42)CCNCC3)cc1. The van der Waals surface area contributed by atoms with Crippen LogP contribution < -0.4 is 10.1 Å². The molecular weight excluding hydrogens is 379 g/mol. The summed E-state index contributed by atoms with van der Waals surface area (Å²) < 4.78 is 21.2. The molecule has 4 nitrogen and oxygen atoms in total. The molecule has 1 aliphatic heterocycles. The maximum atomic E-state index is 12.9. The zero-order valence-electron chi connectivity index (χ0n) is 18.3. The number of nitrogens with zero attached hydrogens (tertiary/aromatic N) is 1. The van der Waals surface area contributed by atoms with Crippen molar-refractivity contribution >= 4 is 17.2 Å². The Balaban J connectivity index is 0.000000590. The minimum absolute atomic E-state index is 0.234. The third kappa shape index (κ3) is 6.17. The normalized spacial score (nSPS) is 12.5. The zero-order valence-corrected chi connectivity index (χ0v) is 18.3. The van der Waals surface area contributed by atoms with Gasteiger partial charge >= 0.3 is 0 Å². The smallest absolute Gasteiger partial charge is 0.123 e. The summed E-state index contributed by atoms with van der Waals surface area (Å²) in [6.45, 7) is 9.10. The molecule has 0 aliphatic carbocycles. The maximum absolute atomic E-state index is 12.9. The Labute approximate surface area is 179 Å². The number of halogens is 1. The average Bonchev–Trinajstić information content (AvgIpc) is 2.91. The number of hydrogen-bond acceptors (Lipinski definition) is 3. The fraction of sp³-hybridized carbons (Fsp3) is 0.400. The first-order valence-corrected chi connectivity index (χ1v) is 10.8. The molecule has 162 valence electrons. The maximum Gasteiger partial charge on any atom is 0.123 e. The molecule has 2 aromatic carbocycles. The Kier molecular flexibility index (Phi) is 10.1.